The van der Waals surface area contributed by atoms with Crippen LogP contribution in [0.2, 0.25) is 0 Å². The van der Waals surface area contributed by atoms with E-state index in [0.29, 0.717) is 12.4 Å². The molecule has 0 heterocycles. The molecule has 0 aliphatic carbocycles. The molecule has 1 amide bonds. The van der Waals surface area contributed by atoms with Gasteiger partial charge in [0.05, 0.1) is 12.7 Å². The minimum atomic E-state index is -1.08. The lowest BCUT2D eigenvalue weighted by molar-refractivity contribution is -0.140. The number of carbonyl (C=O) groups is 2. The van der Waals surface area contributed by atoms with E-state index in [4.69, 9.17) is 9.84 Å². The Kier molecular flexibility index (Phi) is 8.83. The third kappa shape index (κ3) is 8.96. The van der Waals surface area contributed by atoms with E-state index >= 15 is 0 Å². The Hall–Kier alpha value is -0.790. The monoisotopic (exact) mass is 265 g/mol. The van der Waals surface area contributed by atoms with E-state index < -0.39 is 18.1 Å². The summed E-state index contributed by atoms with van der Waals surface area (Å²) in [7, 11) is 0. The van der Waals surface area contributed by atoms with E-state index in [2.05, 4.69) is 5.32 Å². The Labute approximate surface area is 105 Å². The van der Waals surface area contributed by atoms with E-state index in [1.807, 2.05) is 6.92 Å². The summed E-state index contributed by atoms with van der Waals surface area (Å²) in [5.41, 5.74) is 0. The van der Waals surface area contributed by atoms with E-state index in [0.717, 1.165) is 0 Å². The molecule has 17 heavy (non-hydrogen) atoms. The van der Waals surface area contributed by atoms with Crippen LogP contribution in [0.4, 0.5) is 0 Å². The number of thioether (sulfide) groups is 1. The first-order valence-corrected chi connectivity index (χ1v) is 6.46. The zero-order chi connectivity index (χ0) is 13.3. The number of carboxylic acid groups (broad SMARTS) is 1. The average molecular weight is 265 g/mol. The van der Waals surface area contributed by atoms with Gasteiger partial charge in [-0.25, -0.2) is 4.79 Å². The predicted molar refractivity (Wildman–Crippen MR) is 65.1 cm³/mol. The molecule has 0 radical (unpaired) electrons. The van der Waals surface area contributed by atoms with Crippen LogP contribution in [0.25, 0.3) is 0 Å². The second-order valence-corrected chi connectivity index (χ2v) is 4.52. The molecule has 0 aromatic carbocycles. The minimum absolute atomic E-state index is 0.220. The van der Waals surface area contributed by atoms with Gasteiger partial charge in [0, 0.05) is 25.0 Å². The molecule has 6 nitrogen and oxygen atoms in total. The highest BCUT2D eigenvalue weighted by molar-refractivity contribution is 7.99. The Morgan fingerprint density at radius 2 is 2.06 bits per heavy atom. The molecule has 7 heteroatoms. The summed E-state index contributed by atoms with van der Waals surface area (Å²) < 4.78 is 5.02. The highest BCUT2D eigenvalue weighted by Gasteiger charge is 2.18. The van der Waals surface area contributed by atoms with Gasteiger partial charge in [-0.05, 0) is 6.92 Å². The molecule has 0 aliphatic heterocycles. The first kappa shape index (κ1) is 16.2. The molecule has 0 aromatic rings. The van der Waals surface area contributed by atoms with Crippen LogP contribution in [0.5, 0.6) is 0 Å². The van der Waals surface area contributed by atoms with Crippen LogP contribution < -0.4 is 5.32 Å². The van der Waals surface area contributed by atoms with Gasteiger partial charge >= 0.3 is 5.97 Å². The Balaban J connectivity index is 3.81. The lowest BCUT2D eigenvalue weighted by Gasteiger charge is -2.14. The lowest BCUT2D eigenvalue weighted by Crippen LogP contribution is -2.41. The van der Waals surface area contributed by atoms with Crippen molar-refractivity contribution in [2.75, 3.05) is 24.7 Å². The quantitative estimate of drug-likeness (QED) is 0.530. The number of hydrogen-bond acceptors (Lipinski definition) is 5. The second-order valence-electron chi connectivity index (χ2n) is 3.44. The zero-order valence-electron chi connectivity index (χ0n) is 10.0. The van der Waals surface area contributed by atoms with Crippen molar-refractivity contribution < 1.29 is 24.5 Å². The fourth-order valence-electron chi connectivity index (χ4n) is 1.04. The smallest absolute Gasteiger partial charge is 0.327 e. The van der Waals surface area contributed by atoms with Gasteiger partial charge in [0.1, 0.15) is 6.04 Å². The van der Waals surface area contributed by atoms with E-state index in [-0.39, 0.29) is 18.3 Å². The Morgan fingerprint density at radius 3 is 2.53 bits per heavy atom. The number of hydrogen-bond donors (Lipinski definition) is 3. The van der Waals surface area contributed by atoms with Crippen LogP contribution in [0, 0.1) is 0 Å². The van der Waals surface area contributed by atoms with Gasteiger partial charge in [-0.1, -0.05) is 0 Å². The molecule has 0 saturated carbocycles. The molecule has 0 aliphatic rings. The second kappa shape index (κ2) is 9.26. The van der Waals surface area contributed by atoms with Crippen molar-refractivity contribution in [1.29, 1.82) is 0 Å². The van der Waals surface area contributed by atoms with Crippen LogP contribution in [0.15, 0.2) is 0 Å². The molecule has 0 saturated heterocycles. The highest BCUT2D eigenvalue weighted by atomic mass is 32.2. The standard InChI is InChI=1S/C10H19NO5S/c1-3-16-4-8(13)5-17-6-9(10(14)15)11-7(2)12/h8-9,13H,3-6H2,1-2H3,(H,11,12)(H,14,15). The molecule has 2 unspecified atom stereocenters. The number of carboxylic acids is 1. The lowest BCUT2D eigenvalue weighted by atomic mass is 10.3. The number of ether oxygens (including phenoxy) is 1. The maximum atomic E-state index is 10.8. The SMILES string of the molecule is CCOCC(O)CSCC(NC(C)=O)C(=O)O. The summed E-state index contributed by atoms with van der Waals surface area (Å²) in [6.07, 6.45) is -0.619. The van der Waals surface area contributed by atoms with Crippen LogP contribution >= 0.6 is 11.8 Å². The number of aliphatic hydroxyl groups excluding tert-OH is 1. The Morgan fingerprint density at radius 1 is 1.41 bits per heavy atom. The van der Waals surface area contributed by atoms with Gasteiger partial charge in [-0.3, -0.25) is 4.79 Å². The summed E-state index contributed by atoms with van der Waals surface area (Å²) in [5, 5.41) is 20.6. The van der Waals surface area contributed by atoms with Crippen LogP contribution in [-0.2, 0) is 14.3 Å². The summed E-state index contributed by atoms with van der Waals surface area (Å²) in [4.78, 5) is 21.5. The number of nitrogens with one attached hydrogen (secondary N) is 1. The zero-order valence-corrected chi connectivity index (χ0v) is 10.8. The van der Waals surface area contributed by atoms with Gasteiger partial charge in [-0.15, -0.1) is 0 Å². The summed E-state index contributed by atoms with van der Waals surface area (Å²) >= 11 is 1.26. The van der Waals surface area contributed by atoms with Gasteiger partial charge < -0.3 is 20.3 Å². The van der Waals surface area contributed by atoms with Gasteiger partial charge in [0.15, 0.2) is 0 Å². The van der Waals surface area contributed by atoms with Crippen molar-refractivity contribution in [3.8, 4) is 0 Å². The Bertz CT molecular complexity index is 249. The van der Waals surface area contributed by atoms with Crippen molar-refractivity contribution in [1.82, 2.24) is 5.32 Å². The molecule has 0 bridgehead atoms. The van der Waals surface area contributed by atoms with Gasteiger partial charge in [-0.2, -0.15) is 11.8 Å². The maximum absolute atomic E-state index is 10.8. The minimum Gasteiger partial charge on any atom is -0.480 e. The number of carbonyl (C=O) groups excluding carboxylic acids is 1. The fraction of sp³-hybridized carbons (Fsp3) is 0.800. The van der Waals surface area contributed by atoms with Crippen molar-refractivity contribution in [3.63, 3.8) is 0 Å². The van der Waals surface area contributed by atoms with E-state index in [9.17, 15) is 14.7 Å². The van der Waals surface area contributed by atoms with Crippen molar-refractivity contribution in [2.45, 2.75) is 26.0 Å². The van der Waals surface area contributed by atoms with Gasteiger partial charge in [0.25, 0.3) is 0 Å². The molecule has 100 valence electrons. The number of rotatable bonds is 9. The average Bonchev–Trinajstić information content (AvgIpc) is 2.24. The molecule has 0 fully saturated rings. The normalized spacial score (nSPS) is 14.1. The predicted octanol–water partition coefficient (Wildman–Crippen LogP) is -0.294. The van der Waals surface area contributed by atoms with Gasteiger partial charge in [0.2, 0.25) is 5.91 Å². The molecular weight excluding hydrogens is 246 g/mol. The summed E-state index contributed by atoms with van der Waals surface area (Å²) in [6.45, 7) is 3.87. The van der Waals surface area contributed by atoms with Crippen LogP contribution in [0.1, 0.15) is 13.8 Å². The largest absolute Gasteiger partial charge is 0.480 e. The topological polar surface area (TPSA) is 95.9 Å². The van der Waals surface area contributed by atoms with E-state index in [1.165, 1.54) is 18.7 Å². The fourth-order valence-corrected chi connectivity index (χ4v) is 2.01. The molecular formula is C10H19NO5S. The van der Waals surface area contributed by atoms with Crippen molar-refractivity contribution >= 4 is 23.6 Å². The third-order valence-electron chi connectivity index (χ3n) is 1.78. The highest BCUT2D eigenvalue weighted by Crippen LogP contribution is 2.06. The third-order valence-corrected chi connectivity index (χ3v) is 2.97. The first-order valence-electron chi connectivity index (χ1n) is 5.30. The number of amides is 1. The molecule has 3 N–H and O–H groups in total. The number of aliphatic hydroxyl groups is 1. The van der Waals surface area contributed by atoms with Crippen molar-refractivity contribution in [2.24, 2.45) is 0 Å². The molecule has 0 aromatic heterocycles. The van der Waals surface area contributed by atoms with Crippen LogP contribution in [0.3, 0.4) is 0 Å². The summed E-state index contributed by atoms with van der Waals surface area (Å²) in [5.74, 6) is -0.860. The molecule has 2 atom stereocenters. The number of aliphatic carboxylic acids is 1. The molecule has 0 rings (SSSR count). The summed E-state index contributed by atoms with van der Waals surface area (Å²) in [6, 6.07) is -0.920. The molecule has 0 spiro atoms. The first-order chi connectivity index (χ1) is 7.97. The maximum Gasteiger partial charge on any atom is 0.327 e. The van der Waals surface area contributed by atoms with Crippen LogP contribution in [-0.4, -0.2) is 59.0 Å². The van der Waals surface area contributed by atoms with Crippen molar-refractivity contribution in [3.05, 3.63) is 0 Å². The van der Waals surface area contributed by atoms with E-state index in [1.54, 1.807) is 0 Å².